The van der Waals surface area contributed by atoms with Crippen LogP contribution in [0.25, 0.3) is 0 Å². The van der Waals surface area contributed by atoms with Crippen molar-refractivity contribution in [1.29, 1.82) is 0 Å². The summed E-state index contributed by atoms with van der Waals surface area (Å²) in [4.78, 5) is 51.5. The number of carbonyl (C=O) groups excluding carboxylic acids is 4. The number of amides is 4. The molecular formula is C18H21N3O6. The molecule has 9 nitrogen and oxygen atoms in total. The van der Waals surface area contributed by atoms with E-state index in [-0.39, 0.29) is 13.0 Å². The van der Waals surface area contributed by atoms with Crippen molar-refractivity contribution >= 4 is 23.8 Å². The van der Waals surface area contributed by atoms with Crippen LogP contribution in [0.5, 0.6) is 5.75 Å². The van der Waals surface area contributed by atoms with Crippen LogP contribution in [-0.4, -0.2) is 67.0 Å². The Morgan fingerprint density at radius 1 is 1.33 bits per heavy atom. The highest BCUT2D eigenvalue weighted by molar-refractivity contribution is 6.09. The minimum Gasteiger partial charge on any atom is -0.493 e. The lowest BCUT2D eigenvalue weighted by Gasteiger charge is -2.33. The number of fused-ring (bicyclic) bond motifs is 2. The van der Waals surface area contributed by atoms with Gasteiger partial charge >= 0.3 is 12.0 Å². The van der Waals surface area contributed by atoms with Gasteiger partial charge in [-0.3, -0.25) is 19.3 Å². The number of urea groups is 1. The molecule has 0 bridgehead atoms. The van der Waals surface area contributed by atoms with Crippen molar-refractivity contribution < 1.29 is 28.7 Å². The van der Waals surface area contributed by atoms with Crippen LogP contribution in [0.2, 0.25) is 0 Å². The average Bonchev–Trinajstić information content (AvgIpc) is 2.86. The highest BCUT2D eigenvalue weighted by Crippen LogP contribution is 2.40. The summed E-state index contributed by atoms with van der Waals surface area (Å²) < 4.78 is 10.6. The first kappa shape index (κ1) is 18.7. The summed E-state index contributed by atoms with van der Waals surface area (Å²) in [5.74, 6) is -1.24. The molecule has 1 aromatic rings. The van der Waals surface area contributed by atoms with Crippen molar-refractivity contribution in [2.24, 2.45) is 0 Å². The summed E-state index contributed by atoms with van der Waals surface area (Å²) in [5.41, 5.74) is -0.696. The summed E-state index contributed by atoms with van der Waals surface area (Å²) >= 11 is 0. The number of esters is 1. The van der Waals surface area contributed by atoms with E-state index in [9.17, 15) is 19.2 Å². The van der Waals surface area contributed by atoms with E-state index in [4.69, 9.17) is 9.47 Å². The monoisotopic (exact) mass is 375 g/mol. The minimum absolute atomic E-state index is 0.260. The Bertz CT molecular complexity index is 808. The van der Waals surface area contributed by atoms with E-state index in [0.717, 1.165) is 4.90 Å². The molecule has 1 fully saturated rings. The lowest BCUT2D eigenvalue weighted by atomic mass is 9.84. The number of para-hydroxylation sites is 1. The van der Waals surface area contributed by atoms with E-state index >= 15 is 0 Å². The van der Waals surface area contributed by atoms with Gasteiger partial charge in [-0.25, -0.2) is 4.79 Å². The smallest absolute Gasteiger partial charge is 0.327 e. The van der Waals surface area contributed by atoms with Gasteiger partial charge in [-0.15, -0.1) is 0 Å². The van der Waals surface area contributed by atoms with Crippen LogP contribution in [0.1, 0.15) is 18.9 Å². The maximum atomic E-state index is 13.0. The molecular weight excluding hydrogens is 354 g/mol. The van der Waals surface area contributed by atoms with E-state index in [2.05, 4.69) is 5.32 Å². The van der Waals surface area contributed by atoms with Gasteiger partial charge in [-0.2, -0.15) is 0 Å². The molecule has 0 unspecified atom stereocenters. The van der Waals surface area contributed by atoms with Gasteiger partial charge in [-0.1, -0.05) is 18.2 Å². The fourth-order valence-electron chi connectivity index (χ4n) is 3.29. The number of benzene rings is 1. The Hall–Kier alpha value is -3.10. The fraction of sp³-hybridized carbons (Fsp3) is 0.444. The Morgan fingerprint density at radius 2 is 2.04 bits per heavy atom. The molecule has 0 aromatic heterocycles. The molecule has 0 saturated carbocycles. The van der Waals surface area contributed by atoms with E-state index in [1.807, 2.05) is 0 Å². The van der Waals surface area contributed by atoms with Gasteiger partial charge < -0.3 is 19.7 Å². The second-order valence-corrected chi connectivity index (χ2v) is 6.69. The topological polar surface area (TPSA) is 105 Å². The van der Waals surface area contributed by atoms with Crippen LogP contribution < -0.4 is 10.1 Å². The second-order valence-electron chi connectivity index (χ2n) is 6.69. The van der Waals surface area contributed by atoms with Crippen LogP contribution in [0.3, 0.4) is 0 Å². The standard InChI is InChI=1S/C18H21N3O6/c1-11(15(23)20(2)3)27-14(22)10-21-16(24)18(19-17(21)25)8-9-26-13-7-5-4-6-12(13)18/h4-7,11H,8-10H2,1-3H3,(H,19,25)/t11-,18+/m1/s1. The molecule has 2 aliphatic rings. The molecule has 2 heterocycles. The molecule has 2 aliphatic heterocycles. The van der Waals surface area contributed by atoms with Gasteiger partial charge in [0.1, 0.15) is 12.3 Å². The van der Waals surface area contributed by atoms with Crippen molar-refractivity contribution in [2.45, 2.75) is 25.0 Å². The zero-order chi connectivity index (χ0) is 19.8. The Balaban J connectivity index is 1.76. The van der Waals surface area contributed by atoms with E-state index in [0.29, 0.717) is 11.3 Å². The Labute approximate surface area is 156 Å². The average molecular weight is 375 g/mol. The van der Waals surface area contributed by atoms with Crippen LogP contribution in [0, 0.1) is 0 Å². The highest BCUT2D eigenvalue weighted by atomic mass is 16.5. The SMILES string of the molecule is C[C@@H](OC(=O)CN1C(=O)N[C@]2(CCOc3ccccc32)C1=O)C(=O)N(C)C. The van der Waals surface area contributed by atoms with Crippen molar-refractivity contribution in [3.8, 4) is 5.75 Å². The maximum Gasteiger partial charge on any atom is 0.327 e. The molecule has 3 rings (SSSR count). The Kier molecular flexibility index (Phi) is 4.77. The first-order chi connectivity index (χ1) is 12.8. The number of nitrogens with zero attached hydrogens (tertiary/aromatic N) is 2. The lowest BCUT2D eigenvalue weighted by molar-refractivity contribution is -0.159. The van der Waals surface area contributed by atoms with Gasteiger partial charge in [0.15, 0.2) is 11.6 Å². The molecule has 1 N–H and O–H groups in total. The maximum absolute atomic E-state index is 13.0. The first-order valence-corrected chi connectivity index (χ1v) is 8.53. The third kappa shape index (κ3) is 3.20. The molecule has 1 saturated heterocycles. The number of hydrogen-bond acceptors (Lipinski definition) is 6. The quantitative estimate of drug-likeness (QED) is 0.597. The number of ether oxygens (including phenoxy) is 2. The predicted molar refractivity (Wildman–Crippen MR) is 92.7 cm³/mol. The van der Waals surface area contributed by atoms with Crippen LogP contribution in [0.4, 0.5) is 4.79 Å². The number of nitrogens with one attached hydrogen (secondary N) is 1. The van der Waals surface area contributed by atoms with Gasteiger partial charge in [0.2, 0.25) is 0 Å². The minimum atomic E-state index is -1.25. The molecule has 9 heteroatoms. The summed E-state index contributed by atoms with van der Waals surface area (Å²) in [6.45, 7) is 1.12. The van der Waals surface area contributed by atoms with Gasteiger partial charge in [0.05, 0.1) is 6.61 Å². The largest absolute Gasteiger partial charge is 0.493 e. The Morgan fingerprint density at radius 3 is 2.74 bits per heavy atom. The molecule has 144 valence electrons. The van der Waals surface area contributed by atoms with Crippen molar-refractivity contribution in [2.75, 3.05) is 27.2 Å². The number of rotatable bonds is 4. The molecule has 0 aliphatic carbocycles. The third-order valence-electron chi connectivity index (χ3n) is 4.64. The summed E-state index contributed by atoms with van der Waals surface area (Å²) in [6, 6.07) is 6.28. The molecule has 1 aromatic carbocycles. The number of hydrogen-bond donors (Lipinski definition) is 1. The molecule has 4 amide bonds. The first-order valence-electron chi connectivity index (χ1n) is 8.53. The number of likely N-dealkylation sites (N-methyl/N-ethyl adjacent to an activating group) is 1. The van der Waals surface area contributed by atoms with Crippen molar-refractivity contribution in [3.63, 3.8) is 0 Å². The normalized spacial score (nSPS) is 22.0. The summed E-state index contributed by atoms with van der Waals surface area (Å²) in [5, 5.41) is 2.70. The number of imide groups is 1. The summed E-state index contributed by atoms with van der Waals surface area (Å²) in [6.07, 6.45) is -0.749. The third-order valence-corrected chi connectivity index (χ3v) is 4.64. The van der Waals surface area contributed by atoms with Crippen molar-refractivity contribution in [3.05, 3.63) is 29.8 Å². The fourth-order valence-corrected chi connectivity index (χ4v) is 3.29. The van der Waals surface area contributed by atoms with E-state index < -0.39 is 42.0 Å². The zero-order valence-electron chi connectivity index (χ0n) is 15.4. The highest BCUT2D eigenvalue weighted by Gasteiger charge is 2.55. The molecule has 1 spiro atoms. The molecule has 0 radical (unpaired) electrons. The van der Waals surface area contributed by atoms with Crippen LogP contribution in [0.15, 0.2) is 24.3 Å². The van der Waals surface area contributed by atoms with Gasteiger partial charge in [0, 0.05) is 26.1 Å². The summed E-state index contributed by atoms with van der Waals surface area (Å²) in [7, 11) is 3.08. The molecule has 2 atom stereocenters. The zero-order valence-corrected chi connectivity index (χ0v) is 15.4. The predicted octanol–water partition coefficient (Wildman–Crippen LogP) is 0.236. The van der Waals surface area contributed by atoms with Gasteiger partial charge in [0.25, 0.3) is 11.8 Å². The van der Waals surface area contributed by atoms with Crippen LogP contribution >= 0.6 is 0 Å². The number of carbonyl (C=O) groups is 4. The second kappa shape index (κ2) is 6.90. The van der Waals surface area contributed by atoms with E-state index in [1.54, 1.807) is 24.3 Å². The van der Waals surface area contributed by atoms with E-state index in [1.165, 1.54) is 25.9 Å². The van der Waals surface area contributed by atoms with Crippen molar-refractivity contribution in [1.82, 2.24) is 15.1 Å². The molecule has 27 heavy (non-hydrogen) atoms. The van der Waals surface area contributed by atoms with Gasteiger partial charge in [-0.05, 0) is 13.0 Å². The van der Waals surface area contributed by atoms with Crippen LogP contribution in [-0.2, 0) is 24.7 Å². The lowest BCUT2D eigenvalue weighted by Crippen LogP contribution is -2.48.